The maximum atomic E-state index is 9.08. The van der Waals surface area contributed by atoms with E-state index in [1.165, 1.54) is 0 Å². The molecule has 3 heterocycles. The quantitative estimate of drug-likeness (QED) is 0.564. The molecule has 0 unspecified atom stereocenters. The zero-order chi connectivity index (χ0) is 16.9. The number of pyridine rings is 1. The van der Waals surface area contributed by atoms with Gasteiger partial charge in [-0.05, 0) is 18.1 Å². The van der Waals surface area contributed by atoms with Crippen molar-refractivity contribution in [3.8, 4) is 0 Å². The molecule has 3 aromatic heterocycles. The smallest absolute Gasteiger partial charge is 0.226 e. The molecule has 0 aliphatic carbocycles. The highest BCUT2D eigenvalue weighted by Crippen LogP contribution is 2.19. The molecule has 0 amide bonds. The Morgan fingerprint density at radius 1 is 1.25 bits per heavy atom. The van der Waals surface area contributed by atoms with Gasteiger partial charge >= 0.3 is 0 Å². The topological polar surface area (TPSA) is 115 Å². The van der Waals surface area contributed by atoms with Crippen molar-refractivity contribution in [2.75, 3.05) is 17.6 Å². The summed E-state index contributed by atoms with van der Waals surface area (Å²) in [7, 11) is 0. The second kappa shape index (κ2) is 7.22. The van der Waals surface area contributed by atoms with Crippen LogP contribution >= 0.6 is 0 Å². The molecule has 3 rings (SSSR count). The largest absolute Gasteiger partial charge is 0.392 e. The van der Waals surface area contributed by atoms with Crippen LogP contribution in [0.25, 0.3) is 11.2 Å². The standard InChI is InChI=1S/C16H21N7O/c1-2-3-6-18-16-21-14(17)13-15(22-16)23(10-20-13)8-12-5-4-11(9-24)7-19-12/h4-5,7,10,24H,2-3,6,8-9H2,1H3,(H3,17,18,21,22). The number of fused-ring (bicyclic) bond motifs is 1. The maximum absolute atomic E-state index is 9.08. The summed E-state index contributed by atoms with van der Waals surface area (Å²) >= 11 is 0. The number of unbranched alkanes of at least 4 members (excludes halogenated alkanes) is 1. The van der Waals surface area contributed by atoms with Gasteiger partial charge in [-0.25, -0.2) is 4.98 Å². The van der Waals surface area contributed by atoms with Gasteiger partial charge in [-0.3, -0.25) is 4.98 Å². The molecular weight excluding hydrogens is 306 g/mol. The molecule has 126 valence electrons. The van der Waals surface area contributed by atoms with Gasteiger partial charge in [-0.15, -0.1) is 0 Å². The Labute approximate surface area is 139 Å². The third kappa shape index (κ3) is 3.43. The molecule has 0 fully saturated rings. The molecule has 0 aliphatic heterocycles. The Morgan fingerprint density at radius 3 is 2.83 bits per heavy atom. The minimum absolute atomic E-state index is 0.0160. The Morgan fingerprint density at radius 2 is 2.12 bits per heavy atom. The number of nitrogen functional groups attached to an aromatic ring is 1. The molecule has 24 heavy (non-hydrogen) atoms. The number of imidazole rings is 1. The summed E-state index contributed by atoms with van der Waals surface area (Å²) in [6.07, 6.45) is 5.49. The number of anilines is 2. The number of hydrogen-bond acceptors (Lipinski definition) is 7. The fraction of sp³-hybridized carbons (Fsp3) is 0.375. The summed E-state index contributed by atoms with van der Waals surface area (Å²) in [6, 6.07) is 3.73. The van der Waals surface area contributed by atoms with Crippen molar-refractivity contribution in [2.24, 2.45) is 0 Å². The van der Waals surface area contributed by atoms with Gasteiger partial charge in [0.05, 0.1) is 25.2 Å². The van der Waals surface area contributed by atoms with E-state index in [1.807, 2.05) is 16.7 Å². The van der Waals surface area contributed by atoms with Gasteiger partial charge in [0.1, 0.15) is 5.52 Å². The number of nitrogens with zero attached hydrogens (tertiary/aromatic N) is 5. The molecule has 3 aromatic rings. The first kappa shape index (κ1) is 16.1. The summed E-state index contributed by atoms with van der Waals surface area (Å²) < 4.78 is 1.89. The van der Waals surface area contributed by atoms with Crippen molar-refractivity contribution in [1.29, 1.82) is 0 Å². The summed E-state index contributed by atoms with van der Waals surface area (Å²) in [5.74, 6) is 0.875. The van der Waals surface area contributed by atoms with Crippen molar-refractivity contribution in [1.82, 2.24) is 24.5 Å². The van der Waals surface area contributed by atoms with E-state index in [-0.39, 0.29) is 6.61 Å². The average Bonchev–Trinajstić information content (AvgIpc) is 2.99. The Hall–Kier alpha value is -2.74. The lowest BCUT2D eigenvalue weighted by atomic mass is 10.2. The zero-order valence-electron chi connectivity index (χ0n) is 13.6. The Kier molecular flexibility index (Phi) is 4.85. The molecule has 0 atom stereocenters. The van der Waals surface area contributed by atoms with Gasteiger partial charge < -0.3 is 20.7 Å². The van der Waals surface area contributed by atoms with Crippen LogP contribution in [0.15, 0.2) is 24.7 Å². The number of nitrogens with two attached hydrogens (primary N) is 1. The number of aliphatic hydroxyl groups excluding tert-OH is 1. The summed E-state index contributed by atoms with van der Waals surface area (Å²) in [4.78, 5) is 17.4. The first-order valence-electron chi connectivity index (χ1n) is 7.98. The lowest BCUT2D eigenvalue weighted by Gasteiger charge is -2.07. The van der Waals surface area contributed by atoms with Gasteiger partial charge in [0.15, 0.2) is 11.5 Å². The van der Waals surface area contributed by atoms with Crippen LogP contribution in [-0.4, -0.2) is 36.2 Å². The number of rotatable bonds is 7. The van der Waals surface area contributed by atoms with E-state index in [0.717, 1.165) is 30.6 Å². The molecule has 0 saturated carbocycles. The van der Waals surface area contributed by atoms with Crippen molar-refractivity contribution < 1.29 is 5.11 Å². The predicted octanol–water partition coefficient (Wildman–Crippen LogP) is 1.56. The lowest BCUT2D eigenvalue weighted by molar-refractivity contribution is 0.281. The third-order valence-electron chi connectivity index (χ3n) is 3.71. The van der Waals surface area contributed by atoms with E-state index in [1.54, 1.807) is 12.5 Å². The summed E-state index contributed by atoms with van der Waals surface area (Å²) in [5, 5.41) is 12.3. The van der Waals surface area contributed by atoms with Gasteiger partial charge in [-0.2, -0.15) is 9.97 Å². The minimum atomic E-state index is -0.0160. The molecule has 4 N–H and O–H groups in total. The van der Waals surface area contributed by atoms with Gasteiger partial charge in [0.2, 0.25) is 5.95 Å². The maximum Gasteiger partial charge on any atom is 0.226 e. The van der Waals surface area contributed by atoms with Gasteiger partial charge in [0, 0.05) is 12.7 Å². The molecule has 0 spiro atoms. The monoisotopic (exact) mass is 327 g/mol. The molecule has 0 bridgehead atoms. The van der Waals surface area contributed by atoms with E-state index in [2.05, 4.69) is 32.2 Å². The minimum Gasteiger partial charge on any atom is -0.392 e. The van der Waals surface area contributed by atoms with Crippen LogP contribution < -0.4 is 11.1 Å². The van der Waals surface area contributed by atoms with Crippen LogP contribution in [0, 0.1) is 0 Å². The van der Waals surface area contributed by atoms with E-state index in [4.69, 9.17) is 10.8 Å². The molecule has 0 radical (unpaired) electrons. The van der Waals surface area contributed by atoms with Gasteiger partial charge in [-0.1, -0.05) is 19.4 Å². The van der Waals surface area contributed by atoms with Crippen molar-refractivity contribution in [3.63, 3.8) is 0 Å². The second-order valence-electron chi connectivity index (χ2n) is 5.57. The van der Waals surface area contributed by atoms with E-state index >= 15 is 0 Å². The van der Waals surface area contributed by atoms with E-state index in [0.29, 0.717) is 29.5 Å². The second-order valence-corrected chi connectivity index (χ2v) is 5.57. The Bertz CT molecular complexity index is 813. The first-order chi connectivity index (χ1) is 11.7. The fourth-order valence-corrected chi connectivity index (χ4v) is 2.35. The molecular formula is C16H21N7O. The van der Waals surface area contributed by atoms with Crippen molar-refractivity contribution in [2.45, 2.75) is 32.9 Å². The molecule has 8 heteroatoms. The summed E-state index contributed by atoms with van der Waals surface area (Å²) in [6.45, 7) is 3.44. The third-order valence-corrected chi connectivity index (χ3v) is 3.71. The first-order valence-corrected chi connectivity index (χ1v) is 7.98. The number of aliphatic hydroxyl groups is 1. The molecule has 8 nitrogen and oxygen atoms in total. The van der Waals surface area contributed by atoms with Crippen LogP contribution in [-0.2, 0) is 13.2 Å². The average molecular weight is 327 g/mol. The highest BCUT2D eigenvalue weighted by atomic mass is 16.3. The van der Waals surface area contributed by atoms with Crippen molar-refractivity contribution in [3.05, 3.63) is 35.9 Å². The fourth-order valence-electron chi connectivity index (χ4n) is 2.35. The zero-order valence-corrected chi connectivity index (χ0v) is 13.6. The van der Waals surface area contributed by atoms with Crippen LogP contribution in [0.4, 0.5) is 11.8 Å². The normalized spacial score (nSPS) is 11.1. The Balaban J connectivity index is 1.86. The SMILES string of the molecule is CCCCNc1nc(N)c2ncn(Cc3ccc(CO)cn3)c2n1. The van der Waals surface area contributed by atoms with Crippen LogP contribution in [0.2, 0.25) is 0 Å². The van der Waals surface area contributed by atoms with Crippen LogP contribution in [0.1, 0.15) is 31.0 Å². The molecule has 0 aliphatic rings. The number of aromatic nitrogens is 5. The van der Waals surface area contributed by atoms with E-state index in [9.17, 15) is 0 Å². The predicted molar refractivity (Wildman–Crippen MR) is 92.4 cm³/mol. The number of hydrogen-bond donors (Lipinski definition) is 3. The van der Waals surface area contributed by atoms with Crippen LogP contribution in [0.5, 0.6) is 0 Å². The van der Waals surface area contributed by atoms with Gasteiger partial charge in [0.25, 0.3) is 0 Å². The lowest BCUT2D eigenvalue weighted by Crippen LogP contribution is -2.09. The van der Waals surface area contributed by atoms with Crippen molar-refractivity contribution >= 4 is 22.9 Å². The summed E-state index contributed by atoms with van der Waals surface area (Å²) in [5.41, 5.74) is 8.89. The highest BCUT2D eigenvalue weighted by molar-refractivity contribution is 5.82. The molecule has 0 saturated heterocycles. The number of nitrogens with one attached hydrogen (secondary N) is 1. The van der Waals surface area contributed by atoms with Crippen LogP contribution in [0.3, 0.4) is 0 Å². The highest BCUT2D eigenvalue weighted by Gasteiger charge is 2.12. The molecule has 0 aromatic carbocycles. The van der Waals surface area contributed by atoms with E-state index < -0.39 is 0 Å².